The maximum atomic E-state index is 12.5. The van der Waals surface area contributed by atoms with Crippen molar-refractivity contribution in [3.05, 3.63) is 23.8 Å². The van der Waals surface area contributed by atoms with E-state index in [1.54, 1.807) is 24.4 Å². The lowest BCUT2D eigenvalue weighted by Crippen LogP contribution is -2.30. The van der Waals surface area contributed by atoms with Gasteiger partial charge in [0.15, 0.2) is 0 Å². The van der Waals surface area contributed by atoms with Crippen molar-refractivity contribution in [1.29, 1.82) is 0 Å². The van der Waals surface area contributed by atoms with Gasteiger partial charge in [-0.05, 0) is 12.8 Å². The summed E-state index contributed by atoms with van der Waals surface area (Å²) in [5.41, 5.74) is 5.73. The van der Waals surface area contributed by atoms with Gasteiger partial charge in [-0.15, -0.1) is 0 Å². The summed E-state index contributed by atoms with van der Waals surface area (Å²) in [5.74, 6) is 0.723. The average molecular weight is 304 g/mol. The van der Waals surface area contributed by atoms with Crippen molar-refractivity contribution < 1.29 is 14.3 Å². The van der Waals surface area contributed by atoms with Gasteiger partial charge in [0.1, 0.15) is 5.82 Å². The number of hydrogen-bond acceptors (Lipinski definition) is 5. The molecule has 0 aromatic carbocycles. The minimum absolute atomic E-state index is 0.0573. The number of aromatic nitrogens is 2. The number of rotatable bonds is 5. The molecule has 1 aromatic heterocycles. The average Bonchev–Trinajstić information content (AvgIpc) is 3.28. The van der Waals surface area contributed by atoms with Crippen molar-refractivity contribution in [1.82, 2.24) is 14.9 Å². The molecule has 7 nitrogen and oxygen atoms in total. The van der Waals surface area contributed by atoms with Gasteiger partial charge >= 0.3 is 0 Å². The van der Waals surface area contributed by atoms with Crippen LogP contribution in [-0.2, 0) is 9.53 Å². The fourth-order valence-corrected chi connectivity index (χ4v) is 2.91. The van der Waals surface area contributed by atoms with Crippen molar-refractivity contribution in [2.45, 2.75) is 31.3 Å². The Morgan fingerprint density at radius 2 is 2.00 bits per heavy atom. The molecular weight excluding hydrogens is 284 g/mol. The van der Waals surface area contributed by atoms with Crippen LogP contribution in [0.1, 0.15) is 41.4 Å². The quantitative estimate of drug-likeness (QED) is 0.844. The first-order chi connectivity index (χ1) is 10.6. The third-order valence-corrected chi connectivity index (χ3v) is 4.30. The molecule has 22 heavy (non-hydrogen) atoms. The van der Waals surface area contributed by atoms with E-state index >= 15 is 0 Å². The Morgan fingerprint density at radius 3 is 2.55 bits per heavy atom. The number of methoxy groups -OCH3 is 1. The zero-order valence-corrected chi connectivity index (χ0v) is 12.6. The normalized spacial score (nSPS) is 24.5. The van der Waals surface area contributed by atoms with Crippen LogP contribution in [0.5, 0.6) is 0 Å². The van der Waals surface area contributed by atoms with Gasteiger partial charge in [0.2, 0.25) is 5.91 Å². The number of hydrogen-bond donors (Lipinski definition) is 1. The largest absolute Gasteiger partial charge is 0.379 e. The van der Waals surface area contributed by atoms with Crippen LogP contribution < -0.4 is 5.73 Å². The van der Waals surface area contributed by atoms with Gasteiger partial charge in [-0.3, -0.25) is 9.59 Å². The van der Waals surface area contributed by atoms with Crippen LogP contribution >= 0.6 is 0 Å². The summed E-state index contributed by atoms with van der Waals surface area (Å²) in [6.45, 7) is 0.919. The molecule has 3 rings (SSSR count). The number of nitrogens with two attached hydrogens (primary N) is 1. The van der Waals surface area contributed by atoms with E-state index in [1.807, 2.05) is 0 Å². The van der Waals surface area contributed by atoms with E-state index in [9.17, 15) is 9.59 Å². The molecule has 0 unspecified atom stereocenters. The third kappa shape index (κ3) is 3.09. The molecule has 2 amide bonds. The third-order valence-electron chi connectivity index (χ3n) is 4.30. The van der Waals surface area contributed by atoms with E-state index in [1.165, 1.54) is 0 Å². The van der Waals surface area contributed by atoms with Crippen LogP contribution in [-0.4, -0.2) is 53.0 Å². The molecule has 7 heteroatoms. The number of likely N-dealkylation sites (tertiary alicyclic amines) is 1. The van der Waals surface area contributed by atoms with Crippen LogP contribution in [0.25, 0.3) is 0 Å². The molecule has 0 spiro atoms. The Balaban J connectivity index is 1.67. The van der Waals surface area contributed by atoms with E-state index in [0.29, 0.717) is 24.6 Å². The lowest BCUT2D eigenvalue weighted by atomic mass is 10.0. The van der Waals surface area contributed by atoms with E-state index in [-0.39, 0.29) is 30.3 Å². The van der Waals surface area contributed by atoms with Crippen molar-refractivity contribution in [2.24, 2.45) is 11.7 Å². The number of nitrogens with zero attached hydrogens (tertiary/aromatic N) is 3. The van der Waals surface area contributed by atoms with E-state index < -0.39 is 0 Å². The van der Waals surface area contributed by atoms with Gasteiger partial charge in [-0.1, -0.05) is 0 Å². The molecule has 1 aromatic rings. The molecule has 2 N–H and O–H groups in total. The second kappa shape index (κ2) is 6.00. The number of carbonyl (C=O) groups is 2. The van der Waals surface area contributed by atoms with Crippen LogP contribution in [0.4, 0.5) is 0 Å². The lowest BCUT2D eigenvalue weighted by Gasteiger charge is -2.15. The minimum Gasteiger partial charge on any atom is -0.379 e. The standard InChI is InChI=1S/C15H20N4O3/c1-22-12-8-19(7-10(12)4-13(16)20)15(21)11-5-17-14(18-6-11)9-2-3-9/h5-6,9-10,12H,2-4,7-8H2,1H3,(H2,16,20)/t10-,12+/m1/s1. The fraction of sp³-hybridized carbons (Fsp3) is 0.600. The van der Waals surface area contributed by atoms with Crippen LogP contribution in [0.15, 0.2) is 12.4 Å². The van der Waals surface area contributed by atoms with Gasteiger partial charge in [0.25, 0.3) is 5.91 Å². The first kappa shape index (κ1) is 14.9. The van der Waals surface area contributed by atoms with Gasteiger partial charge in [0.05, 0.1) is 11.7 Å². The van der Waals surface area contributed by atoms with Crippen LogP contribution in [0, 0.1) is 5.92 Å². The summed E-state index contributed by atoms with van der Waals surface area (Å²) in [7, 11) is 1.58. The monoisotopic (exact) mass is 304 g/mol. The number of primary amides is 1. The van der Waals surface area contributed by atoms with Crippen molar-refractivity contribution in [2.75, 3.05) is 20.2 Å². The Bertz CT molecular complexity index is 571. The molecule has 1 aliphatic carbocycles. The molecule has 1 saturated heterocycles. The Labute approximate surface area is 128 Å². The topological polar surface area (TPSA) is 98.4 Å². The van der Waals surface area contributed by atoms with Crippen molar-refractivity contribution >= 4 is 11.8 Å². The van der Waals surface area contributed by atoms with Crippen LogP contribution in [0.3, 0.4) is 0 Å². The summed E-state index contributed by atoms with van der Waals surface area (Å²) in [4.78, 5) is 33.9. The smallest absolute Gasteiger partial charge is 0.257 e. The number of amides is 2. The maximum absolute atomic E-state index is 12.5. The molecule has 2 aliphatic rings. The zero-order valence-electron chi connectivity index (χ0n) is 12.6. The SMILES string of the molecule is CO[C@H]1CN(C(=O)c2cnc(C3CC3)nc2)C[C@H]1CC(N)=O. The maximum Gasteiger partial charge on any atom is 0.257 e. The molecule has 0 bridgehead atoms. The van der Waals surface area contributed by atoms with Gasteiger partial charge in [-0.2, -0.15) is 0 Å². The number of carbonyl (C=O) groups excluding carboxylic acids is 2. The second-order valence-electron chi connectivity index (χ2n) is 6.02. The first-order valence-corrected chi connectivity index (χ1v) is 7.50. The van der Waals surface area contributed by atoms with E-state index in [2.05, 4.69) is 9.97 Å². The summed E-state index contributed by atoms with van der Waals surface area (Å²) < 4.78 is 5.37. The summed E-state index contributed by atoms with van der Waals surface area (Å²) in [6.07, 6.45) is 5.49. The van der Waals surface area contributed by atoms with E-state index in [4.69, 9.17) is 10.5 Å². The highest BCUT2D eigenvalue weighted by molar-refractivity contribution is 5.94. The highest BCUT2D eigenvalue weighted by Crippen LogP contribution is 2.37. The van der Waals surface area contributed by atoms with Crippen LogP contribution in [0.2, 0.25) is 0 Å². The molecule has 1 aliphatic heterocycles. The zero-order chi connectivity index (χ0) is 15.7. The van der Waals surface area contributed by atoms with Gasteiger partial charge in [-0.25, -0.2) is 9.97 Å². The highest BCUT2D eigenvalue weighted by atomic mass is 16.5. The molecular formula is C15H20N4O3. The molecule has 0 radical (unpaired) electrons. The Kier molecular flexibility index (Phi) is 4.06. The molecule has 2 heterocycles. The summed E-state index contributed by atoms with van der Waals surface area (Å²) in [6, 6.07) is 0. The lowest BCUT2D eigenvalue weighted by molar-refractivity contribution is -0.119. The van der Waals surface area contributed by atoms with E-state index in [0.717, 1.165) is 18.7 Å². The first-order valence-electron chi connectivity index (χ1n) is 7.50. The van der Waals surface area contributed by atoms with Crippen molar-refractivity contribution in [3.63, 3.8) is 0 Å². The molecule has 2 fully saturated rings. The Hall–Kier alpha value is -2.02. The predicted molar refractivity (Wildman–Crippen MR) is 78.0 cm³/mol. The summed E-state index contributed by atoms with van der Waals surface area (Å²) >= 11 is 0. The number of ether oxygens (including phenoxy) is 1. The highest BCUT2D eigenvalue weighted by Gasteiger charge is 2.36. The molecule has 2 atom stereocenters. The van der Waals surface area contributed by atoms with Crippen molar-refractivity contribution in [3.8, 4) is 0 Å². The fourth-order valence-electron chi connectivity index (χ4n) is 2.91. The second-order valence-corrected chi connectivity index (χ2v) is 6.02. The minimum atomic E-state index is -0.376. The Morgan fingerprint density at radius 1 is 1.32 bits per heavy atom. The molecule has 1 saturated carbocycles. The van der Waals surface area contributed by atoms with Gasteiger partial charge in [0, 0.05) is 50.8 Å². The predicted octanol–water partition coefficient (Wildman–Crippen LogP) is 0.316. The molecule has 118 valence electrons. The van der Waals surface area contributed by atoms with Gasteiger partial charge < -0.3 is 15.4 Å². The summed E-state index contributed by atoms with van der Waals surface area (Å²) in [5, 5.41) is 0.